The Morgan fingerprint density at radius 3 is 1.41 bits per heavy atom. The highest BCUT2D eigenvalue weighted by atomic mass is 32.1. The van der Waals surface area contributed by atoms with Gasteiger partial charge in [0.2, 0.25) is 5.95 Å². The third kappa shape index (κ3) is 5.32. The van der Waals surface area contributed by atoms with Gasteiger partial charge in [-0.3, -0.25) is 9.13 Å². The number of pyridine rings is 1. The van der Waals surface area contributed by atoms with E-state index in [4.69, 9.17) is 15.0 Å². The Morgan fingerprint density at radius 2 is 0.797 bits per heavy atom. The topological polar surface area (TPSA) is 48.5 Å². The summed E-state index contributed by atoms with van der Waals surface area (Å²) in [5.41, 5.74) is 10.2. The molecule has 0 aliphatic carbocycles. The van der Waals surface area contributed by atoms with Gasteiger partial charge in [-0.15, -0.1) is 22.7 Å². The zero-order chi connectivity index (χ0) is 41.9. The molecule has 0 unspecified atom stereocenters. The highest BCUT2D eigenvalue weighted by Crippen LogP contribution is 2.44. The molecule has 0 amide bonds. The first-order valence-electron chi connectivity index (χ1n) is 21.4. The summed E-state index contributed by atoms with van der Waals surface area (Å²) in [5.74, 6) is 1.51. The maximum atomic E-state index is 5.52. The van der Waals surface area contributed by atoms with E-state index >= 15 is 0 Å². The molecule has 7 heteroatoms. The molecular formula is C57H33N5S2. The normalized spacial score (nSPS) is 12.1. The van der Waals surface area contributed by atoms with Crippen molar-refractivity contribution in [2.75, 3.05) is 0 Å². The number of rotatable bonds is 5. The highest BCUT2D eigenvalue weighted by molar-refractivity contribution is 7.26. The molecule has 6 heterocycles. The maximum Gasteiger partial charge on any atom is 0.235 e. The van der Waals surface area contributed by atoms with Crippen LogP contribution in [0.15, 0.2) is 200 Å². The van der Waals surface area contributed by atoms with Gasteiger partial charge in [0.25, 0.3) is 0 Å². The number of para-hydroxylation sites is 2. The van der Waals surface area contributed by atoms with Crippen LogP contribution >= 0.6 is 22.7 Å². The largest absolute Gasteiger partial charge is 0.294 e. The molecule has 0 fully saturated rings. The molecule has 0 bridgehead atoms. The average Bonchev–Trinajstić information content (AvgIpc) is 4.11. The lowest BCUT2D eigenvalue weighted by Crippen LogP contribution is -2.04. The minimum atomic E-state index is 0.629. The van der Waals surface area contributed by atoms with Crippen molar-refractivity contribution in [3.63, 3.8) is 0 Å². The quantitative estimate of drug-likeness (QED) is 0.173. The van der Waals surface area contributed by atoms with Gasteiger partial charge >= 0.3 is 0 Å². The van der Waals surface area contributed by atoms with Crippen molar-refractivity contribution in [3.8, 4) is 45.5 Å². The zero-order valence-corrected chi connectivity index (χ0v) is 35.7. The number of fused-ring (bicyclic) bond motifs is 13. The lowest BCUT2D eigenvalue weighted by Gasteiger charge is -2.12. The Kier molecular flexibility index (Phi) is 7.66. The Labute approximate surface area is 374 Å². The van der Waals surface area contributed by atoms with E-state index in [1.807, 2.05) is 28.7 Å². The number of thiophene rings is 2. The number of nitrogens with zero attached hydrogens (tertiary/aromatic N) is 5. The maximum absolute atomic E-state index is 5.52. The lowest BCUT2D eigenvalue weighted by molar-refractivity contribution is 0.996. The fourth-order valence-corrected chi connectivity index (χ4v) is 12.1. The standard InChI is InChI=1S/C57H33N5S2/c1-2-13-34(14-3-1)43-19-12-24-54(58-43)61-46-20-8-4-17-39(46)55-48(61)27-28-49-56(55)40-18-5-9-21-47(40)62(49)57-59-44(35-25-29-52-41(31-35)37-15-6-10-22-50(37)63-52)33-45(60-57)36-26-30-53-42(32-36)38-16-7-11-23-51(38)64-53/h1-33H. The fourth-order valence-electron chi connectivity index (χ4n) is 9.90. The molecular weight excluding hydrogens is 819 g/mol. The SMILES string of the molecule is c1ccc(-c2cccc(-n3c4ccccc4c4c5c6ccccc6n(-c6nc(-c7ccc8sc9ccccc9c8c7)cc(-c7ccc8sc9ccccc9c8c7)n6)c5ccc43)n2)cc1. The summed E-state index contributed by atoms with van der Waals surface area (Å²) in [6, 6.07) is 71.7. The Morgan fingerprint density at radius 1 is 0.297 bits per heavy atom. The van der Waals surface area contributed by atoms with E-state index in [0.29, 0.717) is 5.95 Å². The van der Waals surface area contributed by atoms with E-state index in [9.17, 15) is 0 Å². The van der Waals surface area contributed by atoms with E-state index in [0.717, 1.165) is 72.4 Å². The molecule has 14 rings (SSSR count). The summed E-state index contributed by atoms with van der Waals surface area (Å²) >= 11 is 3.66. The monoisotopic (exact) mass is 851 g/mol. The van der Waals surface area contributed by atoms with Crippen molar-refractivity contribution in [3.05, 3.63) is 200 Å². The Hall–Kier alpha value is -7.97. The molecule has 5 nitrogen and oxygen atoms in total. The summed E-state index contributed by atoms with van der Waals surface area (Å²) in [4.78, 5) is 16.3. The molecule has 0 N–H and O–H groups in total. The first kappa shape index (κ1) is 35.6. The van der Waals surface area contributed by atoms with Gasteiger partial charge in [0.05, 0.1) is 39.1 Å². The van der Waals surface area contributed by atoms with Crippen molar-refractivity contribution < 1.29 is 0 Å². The van der Waals surface area contributed by atoms with E-state index < -0.39 is 0 Å². The average molecular weight is 852 g/mol. The second kappa shape index (κ2) is 13.8. The van der Waals surface area contributed by atoms with Gasteiger partial charge in [0.1, 0.15) is 5.82 Å². The molecule has 8 aromatic carbocycles. The smallest absolute Gasteiger partial charge is 0.235 e. The van der Waals surface area contributed by atoms with E-state index in [2.05, 4.69) is 203 Å². The van der Waals surface area contributed by atoms with Gasteiger partial charge in [0.15, 0.2) is 0 Å². The van der Waals surface area contributed by atoms with Crippen LogP contribution in [-0.2, 0) is 0 Å². The summed E-state index contributed by atoms with van der Waals surface area (Å²) in [7, 11) is 0. The molecule has 64 heavy (non-hydrogen) atoms. The van der Waals surface area contributed by atoms with Gasteiger partial charge in [0, 0.05) is 78.6 Å². The van der Waals surface area contributed by atoms with Crippen LogP contribution in [-0.4, -0.2) is 24.1 Å². The molecule has 0 saturated heterocycles. The second-order valence-electron chi connectivity index (χ2n) is 16.4. The van der Waals surface area contributed by atoms with Crippen LogP contribution in [0.25, 0.3) is 129 Å². The summed E-state index contributed by atoms with van der Waals surface area (Å²) in [6.07, 6.45) is 0. The van der Waals surface area contributed by atoms with E-state index in [1.165, 1.54) is 51.1 Å². The van der Waals surface area contributed by atoms with Crippen LogP contribution in [0, 0.1) is 0 Å². The second-order valence-corrected chi connectivity index (χ2v) is 18.5. The molecule has 0 spiro atoms. The van der Waals surface area contributed by atoms with Gasteiger partial charge in [-0.1, -0.05) is 121 Å². The van der Waals surface area contributed by atoms with Crippen LogP contribution in [0.4, 0.5) is 0 Å². The third-order valence-electron chi connectivity index (χ3n) is 12.8. The van der Waals surface area contributed by atoms with Gasteiger partial charge < -0.3 is 0 Å². The number of hydrogen-bond donors (Lipinski definition) is 0. The van der Waals surface area contributed by atoms with Crippen LogP contribution in [0.3, 0.4) is 0 Å². The first-order valence-corrected chi connectivity index (χ1v) is 23.1. The molecule has 6 aromatic heterocycles. The van der Waals surface area contributed by atoms with Crippen LogP contribution in [0.5, 0.6) is 0 Å². The molecule has 0 aliphatic rings. The summed E-state index contributed by atoms with van der Waals surface area (Å²) in [6.45, 7) is 0. The summed E-state index contributed by atoms with van der Waals surface area (Å²) in [5, 5.41) is 9.66. The number of aromatic nitrogens is 5. The molecule has 14 aromatic rings. The molecule has 0 aliphatic heterocycles. The van der Waals surface area contributed by atoms with Crippen LogP contribution < -0.4 is 0 Å². The molecule has 0 radical (unpaired) electrons. The number of hydrogen-bond acceptors (Lipinski definition) is 5. The van der Waals surface area contributed by atoms with Crippen LogP contribution in [0.1, 0.15) is 0 Å². The van der Waals surface area contributed by atoms with Gasteiger partial charge in [-0.2, -0.15) is 0 Å². The fraction of sp³-hybridized carbons (Fsp3) is 0. The van der Waals surface area contributed by atoms with Crippen molar-refractivity contribution in [2.45, 2.75) is 0 Å². The van der Waals surface area contributed by atoms with Crippen molar-refractivity contribution in [1.82, 2.24) is 24.1 Å². The number of benzene rings is 8. The predicted molar refractivity (Wildman–Crippen MR) is 271 cm³/mol. The van der Waals surface area contributed by atoms with Crippen molar-refractivity contribution in [2.24, 2.45) is 0 Å². The van der Waals surface area contributed by atoms with Crippen molar-refractivity contribution >= 4 is 107 Å². The lowest BCUT2D eigenvalue weighted by atomic mass is 10.0. The van der Waals surface area contributed by atoms with Crippen LogP contribution in [0.2, 0.25) is 0 Å². The van der Waals surface area contributed by atoms with Crippen molar-refractivity contribution in [1.29, 1.82) is 0 Å². The molecule has 0 saturated carbocycles. The van der Waals surface area contributed by atoms with E-state index in [-0.39, 0.29) is 0 Å². The first-order chi connectivity index (χ1) is 31.7. The Balaban J connectivity index is 1.04. The predicted octanol–water partition coefficient (Wildman–Crippen LogP) is 15.8. The van der Waals surface area contributed by atoms with E-state index in [1.54, 1.807) is 0 Å². The van der Waals surface area contributed by atoms with Gasteiger partial charge in [-0.25, -0.2) is 15.0 Å². The summed E-state index contributed by atoms with van der Waals surface area (Å²) < 4.78 is 9.69. The Bertz CT molecular complexity index is 4080. The minimum Gasteiger partial charge on any atom is -0.294 e. The zero-order valence-electron chi connectivity index (χ0n) is 34.1. The molecule has 0 atom stereocenters. The third-order valence-corrected chi connectivity index (χ3v) is 15.1. The highest BCUT2D eigenvalue weighted by Gasteiger charge is 2.23. The minimum absolute atomic E-state index is 0.629. The van der Waals surface area contributed by atoms with Gasteiger partial charge in [-0.05, 0) is 78.9 Å². The molecule has 298 valence electrons.